The molecule has 2 aromatic carbocycles. The summed E-state index contributed by atoms with van der Waals surface area (Å²) in [5.74, 6) is -1.16. The number of halogens is 1. The molecule has 1 aliphatic carbocycles. The molecule has 0 bridgehead atoms. The Morgan fingerprint density at radius 3 is 2.53 bits per heavy atom. The molecule has 0 unspecified atom stereocenters. The summed E-state index contributed by atoms with van der Waals surface area (Å²) in [5.41, 5.74) is 3.89. The predicted molar refractivity (Wildman–Crippen MR) is 115 cm³/mol. The van der Waals surface area contributed by atoms with E-state index in [1.54, 1.807) is 12.1 Å². The summed E-state index contributed by atoms with van der Waals surface area (Å²) in [6.07, 6.45) is 1.18. The number of rotatable bonds is 3. The fourth-order valence-electron chi connectivity index (χ4n) is 4.48. The van der Waals surface area contributed by atoms with Gasteiger partial charge in [-0.25, -0.2) is 4.39 Å². The standard InChI is InChI=1S/C25H25FN2O2/c1-15-21(24(30)28-18-11-7-10-17(26)12-18)22(16-8-5-4-6-9-16)23-19(27-15)13-25(2,3)14-20(23)29/h4-12,22,27H,13-14H2,1-3H3,(H,28,30)/t22-/m1/s1. The van der Waals surface area contributed by atoms with Crippen LogP contribution in [0.2, 0.25) is 0 Å². The highest BCUT2D eigenvalue weighted by atomic mass is 19.1. The Labute approximate surface area is 175 Å². The zero-order valence-electron chi connectivity index (χ0n) is 17.4. The lowest BCUT2D eigenvalue weighted by Crippen LogP contribution is -2.39. The van der Waals surface area contributed by atoms with Crippen molar-refractivity contribution >= 4 is 17.4 Å². The Bertz CT molecular complexity index is 1080. The molecule has 1 amide bonds. The maximum atomic E-state index is 13.6. The first-order chi connectivity index (χ1) is 14.2. The molecule has 2 aromatic rings. The number of carbonyl (C=O) groups excluding carboxylic acids is 2. The summed E-state index contributed by atoms with van der Waals surface area (Å²) in [5, 5.41) is 6.13. The molecule has 2 N–H and O–H groups in total. The monoisotopic (exact) mass is 404 g/mol. The summed E-state index contributed by atoms with van der Waals surface area (Å²) in [7, 11) is 0. The van der Waals surface area contributed by atoms with E-state index in [1.165, 1.54) is 12.1 Å². The molecule has 0 spiro atoms. The van der Waals surface area contributed by atoms with Gasteiger partial charge in [-0.2, -0.15) is 0 Å². The second-order valence-corrected chi connectivity index (χ2v) is 8.81. The van der Waals surface area contributed by atoms with Crippen molar-refractivity contribution < 1.29 is 14.0 Å². The average Bonchev–Trinajstić information content (AvgIpc) is 2.66. The minimum Gasteiger partial charge on any atom is -0.362 e. The van der Waals surface area contributed by atoms with E-state index in [2.05, 4.69) is 24.5 Å². The summed E-state index contributed by atoms with van der Waals surface area (Å²) in [4.78, 5) is 26.5. The summed E-state index contributed by atoms with van der Waals surface area (Å²) in [6, 6.07) is 15.4. The van der Waals surface area contributed by atoms with Crippen LogP contribution in [-0.4, -0.2) is 11.7 Å². The molecule has 0 fully saturated rings. The van der Waals surface area contributed by atoms with Crippen LogP contribution in [0.3, 0.4) is 0 Å². The maximum Gasteiger partial charge on any atom is 0.254 e. The van der Waals surface area contributed by atoms with Gasteiger partial charge >= 0.3 is 0 Å². The molecular weight excluding hydrogens is 379 g/mol. The van der Waals surface area contributed by atoms with Gasteiger partial charge in [-0.1, -0.05) is 50.2 Å². The van der Waals surface area contributed by atoms with E-state index in [4.69, 9.17) is 0 Å². The largest absolute Gasteiger partial charge is 0.362 e. The van der Waals surface area contributed by atoms with Gasteiger partial charge in [0.05, 0.1) is 0 Å². The van der Waals surface area contributed by atoms with Crippen molar-refractivity contribution in [1.82, 2.24) is 5.32 Å². The number of anilines is 1. The number of Topliss-reactive ketones (excluding diaryl/α,β-unsaturated/α-hetero) is 1. The Kier molecular flexibility index (Phi) is 5.06. The third kappa shape index (κ3) is 3.80. The van der Waals surface area contributed by atoms with Crippen LogP contribution in [0.5, 0.6) is 0 Å². The van der Waals surface area contributed by atoms with Crippen molar-refractivity contribution in [1.29, 1.82) is 0 Å². The number of hydrogen-bond donors (Lipinski definition) is 2. The number of hydrogen-bond acceptors (Lipinski definition) is 3. The van der Waals surface area contributed by atoms with Gasteiger partial charge in [-0.15, -0.1) is 0 Å². The number of ketones is 1. The first-order valence-electron chi connectivity index (χ1n) is 10.1. The lowest BCUT2D eigenvalue weighted by Gasteiger charge is -2.39. The molecule has 4 rings (SSSR count). The summed E-state index contributed by atoms with van der Waals surface area (Å²) in [6.45, 7) is 6.02. The smallest absolute Gasteiger partial charge is 0.254 e. The van der Waals surface area contributed by atoms with Crippen LogP contribution in [0.1, 0.15) is 45.1 Å². The van der Waals surface area contributed by atoms with Gasteiger partial charge in [0.1, 0.15) is 5.82 Å². The van der Waals surface area contributed by atoms with Crippen molar-refractivity contribution in [3.8, 4) is 0 Å². The SMILES string of the molecule is CC1=C(C(=O)Nc2cccc(F)c2)[C@@H](c2ccccc2)C2=C(CC(C)(C)CC2=O)N1. The molecule has 2 aliphatic rings. The average molecular weight is 404 g/mol. The fraction of sp³-hybridized carbons (Fsp3) is 0.280. The van der Waals surface area contributed by atoms with Gasteiger partial charge in [-0.3, -0.25) is 9.59 Å². The Morgan fingerprint density at radius 2 is 1.83 bits per heavy atom. The van der Waals surface area contributed by atoms with E-state index < -0.39 is 11.7 Å². The molecule has 1 aliphatic heterocycles. The van der Waals surface area contributed by atoms with Crippen molar-refractivity contribution in [3.63, 3.8) is 0 Å². The highest BCUT2D eigenvalue weighted by Crippen LogP contribution is 2.46. The second-order valence-electron chi connectivity index (χ2n) is 8.81. The first kappa shape index (κ1) is 20.1. The lowest BCUT2D eigenvalue weighted by atomic mass is 9.68. The van der Waals surface area contributed by atoms with Gasteiger partial charge in [-0.05, 0) is 42.5 Å². The molecule has 0 radical (unpaired) electrons. The Hall–Kier alpha value is -3.21. The Balaban J connectivity index is 1.79. The zero-order valence-corrected chi connectivity index (χ0v) is 17.4. The number of nitrogens with one attached hydrogen (secondary N) is 2. The molecular formula is C25H25FN2O2. The van der Waals surface area contributed by atoms with Gasteiger partial charge in [0.25, 0.3) is 5.91 Å². The van der Waals surface area contributed by atoms with Crippen LogP contribution in [0.15, 0.2) is 77.1 Å². The zero-order chi connectivity index (χ0) is 21.5. The molecule has 0 saturated heterocycles. The molecule has 5 heteroatoms. The number of allylic oxidation sites excluding steroid dienone is 3. The van der Waals surface area contributed by atoms with Gasteiger partial charge in [0, 0.05) is 40.6 Å². The van der Waals surface area contributed by atoms with E-state index >= 15 is 0 Å². The minimum atomic E-state index is -0.459. The number of carbonyl (C=O) groups is 2. The van der Waals surface area contributed by atoms with Gasteiger partial charge < -0.3 is 10.6 Å². The quantitative estimate of drug-likeness (QED) is 0.751. The second kappa shape index (κ2) is 7.56. The molecule has 1 heterocycles. The summed E-state index contributed by atoms with van der Waals surface area (Å²) >= 11 is 0. The predicted octanol–water partition coefficient (Wildman–Crippen LogP) is 5.07. The van der Waals surface area contributed by atoms with E-state index in [-0.39, 0.29) is 17.1 Å². The van der Waals surface area contributed by atoms with Gasteiger partial charge in [0.15, 0.2) is 5.78 Å². The summed E-state index contributed by atoms with van der Waals surface area (Å²) < 4.78 is 13.6. The minimum absolute atomic E-state index is 0.0613. The van der Waals surface area contributed by atoms with Crippen LogP contribution >= 0.6 is 0 Å². The van der Waals surface area contributed by atoms with E-state index in [0.29, 0.717) is 29.0 Å². The Morgan fingerprint density at radius 1 is 1.10 bits per heavy atom. The highest BCUT2D eigenvalue weighted by molar-refractivity contribution is 6.09. The van der Waals surface area contributed by atoms with Crippen LogP contribution in [0.4, 0.5) is 10.1 Å². The first-order valence-corrected chi connectivity index (χ1v) is 10.1. The van der Waals surface area contributed by atoms with E-state index in [0.717, 1.165) is 17.7 Å². The van der Waals surface area contributed by atoms with Gasteiger partial charge in [0.2, 0.25) is 0 Å². The highest BCUT2D eigenvalue weighted by Gasteiger charge is 2.42. The normalized spacial score (nSPS) is 20.5. The van der Waals surface area contributed by atoms with Crippen LogP contribution in [0, 0.1) is 11.2 Å². The fourth-order valence-corrected chi connectivity index (χ4v) is 4.48. The molecule has 4 nitrogen and oxygen atoms in total. The molecule has 30 heavy (non-hydrogen) atoms. The maximum absolute atomic E-state index is 13.6. The van der Waals surface area contributed by atoms with Crippen molar-refractivity contribution in [3.05, 3.63) is 88.5 Å². The van der Waals surface area contributed by atoms with Crippen LogP contribution in [-0.2, 0) is 9.59 Å². The third-order valence-corrected chi connectivity index (χ3v) is 5.70. The lowest BCUT2D eigenvalue weighted by molar-refractivity contribution is -0.118. The van der Waals surface area contributed by atoms with Crippen molar-refractivity contribution in [2.45, 2.75) is 39.5 Å². The molecule has 1 atom stereocenters. The van der Waals surface area contributed by atoms with E-state index in [1.807, 2.05) is 37.3 Å². The molecule has 0 saturated carbocycles. The van der Waals surface area contributed by atoms with Crippen LogP contribution < -0.4 is 10.6 Å². The van der Waals surface area contributed by atoms with Crippen molar-refractivity contribution in [2.75, 3.05) is 5.32 Å². The third-order valence-electron chi connectivity index (χ3n) is 5.70. The molecule has 154 valence electrons. The van der Waals surface area contributed by atoms with Crippen molar-refractivity contribution in [2.24, 2.45) is 5.41 Å². The number of amides is 1. The van der Waals surface area contributed by atoms with E-state index in [9.17, 15) is 14.0 Å². The molecule has 0 aromatic heterocycles. The number of dihydropyridines is 1. The van der Waals surface area contributed by atoms with Crippen LogP contribution in [0.25, 0.3) is 0 Å². The topological polar surface area (TPSA) is 58.2 Å². The number of benzene rings is 2.